The van der Waals surface area contributed by atoms with Crippen molar-refractivity contribution < 1.29 is 18.7 Å². The number of piperidine rings is 1. The van der Waals surface area contributed by atoms with E-state index in [0.29, 0.717) is 41.6 Å². The first kappa shape index (κ1) is 16.6. The van der Waals surface area contributed by atoms with Gasteiger partial charge in [-0.3, -0.25) is 4.79 Å². The minimum Gasteiger partial charge on any atom is -0.486 e. The highest BCUT2D eigenvalue weighted by Gasteiger charge is 2.39. The number of hydrogen-bond acceptors (Lipinski definition) is 6. The van der Waals surface area contributed by atoms with Gasteiger partial charge in [0.05, 0.1) is 0 Å². The Balaban J connectivity index is 1.36. The standard InChI is InChI=1S/C20H23N3O4/c24-19(23-7-4-20(5-8-23)3-6-21-12-20)17-18(27-13-22-17)14-1-2-15-16(11-14)26-10-9-25-15/h1-2,11,13,21H,3-10,12H2. The molecule has 1 amide bonds. The summed E-state index contributed by atoms with van der Waals surface area (Å²) in [6, 6.07) is 5.57. The minimum absolute atomic E-state index is 0.0607. The summed E-state index contributed by atoms with van der Waals surface area (Å²) in [5.74, 6) is 1.81. The summed E-state index contributed by atoms with van der Waals surface area (Å²) in [7, 11) is 0. The molecule has 1 aromatic heterocycles. The average molecular weight is 369 g/mol. The van der Waals surface area contributed by atoms with Crippen molar-refractivity contribution in [3.05, 3.63) is 30.3 Å². The number of fused-ring (bicyclic) bond motifs is 1. The molecule has 7 heteroatoms. The quantitative estimate of drug-likeness (QED) is 0.876. The summed E-state index contributed by atoms with van der Waals surface area (Å²) in [4.78, 5) is 19.2. The summed E-state index contributed by atoms with van der Waals surface area (Å²) >= 11 is 0. The summed E-state index contributed by atoms with van der Waals surface area (Å²) in [5.41, 5.74) is 1.51. The van der Waals surface area contributed by atoms with Crippen LogP contribution in [0.1, 0.15) is 29.8 Å². The maximum absolute atomic E-state index is 13.1. The Morgan fingerprint density at radius 2 is 1.93 bits per heavy atom. The molecule has 0 unspecified atom stereocenters. The molecule has 142 valence electrons. The Morgan fingerprint density at radius 3 is 2.70 bits per heavy atom. The molecule has 0 radical (unpaired) electrons. The summed E-state index contributed by atoms with van der Waals surface area (Å²) in [6.07, 6.45) is 4.64. The maximum Gasteiger partial charge on any atom is 0.276 e. The number of nitrogens with zero attached hydrogens (tertiary/aromatic N) is 2. The van der Waals surface area contributed by atoms with Gasteiger partial charge in [-0.2, -0.15) is 0 Å². The maximum atomic E-state index is 13.1. The number of nitrogens with one attached hydrogen (secondary N) is 1. The molecule has 3 aliphatic heterocycles. The normalized spacial score (nSPS) is 20.8. The number of hydrogen-bond donors (Lipinski definition) is 1. The van der Waals surface area contributed by atoms with E-state index in [9.17, 15) is 4.79 Å². The average Bonchev–Trinajstić information content (AvgIpc) is 3.38. The van der Waals surface area contributed by atoms with Gasteiger partial charge in [0.15, 0.2) is 29.3 Å². The van der Waals surface area contributed by atoms with Crippen LogP contribution < -0.4 is 14.8 Å². The number of amides is 1. The highest BCUT2D eigenvalue weighted by Crippen LogP contribution is 2.38. The van der Waals surface area contributed by atoms with Crippen molar-refractivity contribution in [2.75, 3.05) is 39.4 Å². The van der Waals surface area contributed by atoms with Gasteiger partial charge >= 0.3 is 0 Å². The van der Waals surface area contributed by atoms with Gasteiger partial charge in [0.2, 0.25) is 0 Å². The summed E-state index contributed by atoms with van der Waals surface area (Å²) < 4.78 is 16.8. The van der Waals surface area contributed by atoms with Gasteiger partial charge in [-0.25, -0.2) is 4.98 Å². The third-order valence-electron chi connectivity index (χ3n) is 6.02. The van der Waals surface area contributed by atoms with Gasteiger partial charge in [-0.15, -0.1) is 0 Å². The second kappa shape index (κ2) is 6.56. The molecule has 2 saturated heterocycles. The SMILES string of the molecule is O=C(c1ncoc1-c1ccc2c(c1)OCCO2)N1CCC2(CCNC2)CC1. The van der Waals surface area contributed by atoms with Gasteiger partial charge in [-0.1, -0.05) is 0 Å². The molecule has 3 aliphatic rings. The van der Waals surface area contributed by atoms with E-state index in [1.807, 2.05) is 23.1 Å². The topological polar surface area (TPSA) is 76.8 Å². The Labute approximate surface area is 157 Å². The van der Waals surface area contributed by atoms with Crippen molar-refractivity contribution >= 4 is 5.91 Å². The van der Waals surface area contributed by atoms with E-state index < -0.39 is 0 Å². The van der Waals surface area contributed by atoms with Gasteiger partial charge in [0.25, 0.3) is 5.91 Å². The number of benzene rings is 1. The molecule has 0 aliphatic carbocycles. The van der Waals surface area contributed by atoms with Crippen molar-refractivity contribution in [1.29, 1.82) is 0 Å². The smallest absolute Gasteiger partial charge is 0.276 e. The predicted molar refractivity (Wildman–Crippen MR) is 98.0 cm³/mol. The van der Waals surface area contributed by atoms with Crippen LogP contribution in [-0.2, 0) is 0 Å². The van der Waals surface area contributed by atoms with Crippen molar-refractivity contribution in [3.63, 3.8) is 0 Å². The Morgan fingerprint density at radius 1 is 1.11 bits per heavy atom. The van der Waals surface area contributed by atoms with Gasteiger partial charge in [0.1, 0.15) is 13.2 Å². The van der Waals surface area contributed by atoms with Crippen LogP contribution in [0, 0.1) is 5.41 Å². The van der Waals surface area contributed by atoms with Crippen LogP contribution in [0.25, 0.3) is 11.3 Å². The molecule has 7 nitrogen and oxygen atoms in total. The molecular formula is C20H23N3O4. The monoisotopic (exact) mass is 369 g/mol. The molecule has 1 N–H and O–H groups in total. The second-order valence-electron chi connectivity index (χ2n) is 7.61. The molecular weight excluding hydrogens is 346 g/mol. The molecule has 0 saturated carbocycles. The molecule has 2 fully saturated rings. The lowest BCUT2D eigenvalue weighted by atomic mass is 9.78. The summed E-state index contributed by atoms with van der Waals surface area (Å²) in [5, 5.41) is 3.46. The van der Waals surface area contributed by atoms with Gasteiger partial charge < -0.3 is 24.1 Å². The lowest BCUT2D eigenvalue weighted by molar-refractivity contribution is 0.0603. The summed E-state index contributed by atoms with van der Waals surface area (Å²) in [6.45, 7) is 4.77. The third kappa shape index (κ3) is 2.96. The zero-order chi connectivity index (χ0) is 18.3. The van der Waals surface area contributed by atoms with Crippen LogP contribution in [0.3, 0.4) is 0 Å². The number of oxazole rings is 1. The van der Waals surface area contributed by atoms with Crippen LogP contribution in [0.2, 0.25) is 0 Å². The fourth-order valence-corrected chi connectivity index (χ4v) is 4.34. The first-order chi connectivity index (χ1) is 13.2. The molecule has 0 bridgehead atoms. The molecule has 27 heavy (non-hydrogen) atoms. The highest BCUT2D eigenvalue weighted by atomic mass is 16.6. The van der Waals surface area contributed by atoms with E-state index >= 15 is 0 Å². The van der Waals surface area contributed by atoms with Gasteiger partial charge in [-0.05, 0) is 49.4 Å². The van der Waals surface area contributed by atoms with Crippen molar-refractivity contribution in [2.45, 2.75) is 19.3 Å². The van der Waals surface area contributed by atoms with Crippen LogP contribution in [0.4, 0.5) is 0 Å². The molecule has 5 rings (SSSR count). The fourth-order valence-electron chi connectivity index (χ4n) is 4.34. The Kier molecular flexibility index (Phi) is 4.04. The first-order valence-electron chi connectivity index (χ1n) is 9.58. The first-order valence-corrected chi connectivity index (χ1v) is 9.58. The predicted octanol–water partition coefficient (Wildman–Crippen LogP) is 2.33. The van der Waals surface area contributed by atoms with Crippen LogP contribution >= 0.6 is 0 Å². The van der Waals surface area contributed by atoms with Crippen molar-refractivity contribution in [2.24, 2.45) is 5.41 Å². The number of carbonyl (C=O) groups excluding carboxylic acids is 1. The molecule has 4 heterocycles. The van der Waals surface area contributed by atoms with E-state index in [1.165, 1.54) is 12.8 Å². The highest BCUT2D eigenvalue weighted by molar-refractivity contribution is 5.97. The van der Waals surface area contributed by atoms with Crippen molar-refractivity contribution in [1.82, 2.24) is 15.2 Å². The number of carbonyl (C=O) groups is 1. The molecule has 0 atom stereocenters. The van der Waals surface area contributed by atoms with E-state index in [4.69, 9.17) is 13.9 Å². The van der Waals surface area contributed by atoms with Crippen LogP contribution in [-0.4, -0.2) is 55.2 Å². The molecule has 1 spiro atoms. The number of likely N-dealkylation sites (tertiary alicyclic amines) is 1. The number of rotatable bonds is 2. The zero-order valence-corrected chi connectivity index (χ0v) is 15.2. The number of aromatic nitrogens is 1. The van der Waals surface area contributed by atoms with Crippen molar-refractivity contribution in [3.8, 4) is 22.8 Å². The van der Waals surface area contributed by atoms with E-state index in [2.05, 4.69) is 10.3 Å². The van der Waals surface area contributed by atoms with E-state index in [0.717, 1.165) is 44.6 Å². The van der Waals surface area contributed by atoms with Crippen LogP contribution in [0.5, 0.6) is 11.5 Å². The van der Waals surface area contributed by atoms with Crippen LogP contribution in [0.15, 0.2) is 29.0 Å². The van der Waals surface area contributed by atoms with E-state index in [1.54, 1.807) is 0 Å². The van der Waals surface area contributed by atoms with Gasteiger partial charge in [0, 0.05) is 25.2 Å². The lowest BCUT2D eigenvalue weighted by Crippen LogP contribution is -2.44. The Hall–Kier alpha value is -2.54. The fraction of sp³-hybridized carbons (Fsp3) is 0.500. The molecule has 2 aromatic rings. The molecule has 1 aromatic carbocycles. The second-order valence-corrected chi connectivity index (χ2v) is 7.61. The van der Waals surface area contributed by atoms with E-state index in [-0.39, 0.29) is 5.91 Å². The lowest BCUT2D eigenvalue weighted by Gasteiger charge is -2.38. The Bertz CT molecular complexity index is 847. The largest absolute Gasteiger partial charge is 0.486 e. The third-order valence-corrected chi connectivity index (χ3v) is 6.02. The minimum atomic E-state index is -0.0607. The zero-order valence-electron chi connectivity index (χ0n) is 15.2. The number of ether oxygens (including phenoxy) is 2.